The summed E-state index contributed by atoms with van der Waals surface area (Å²) in [4.78, 5) is 98.4. The highest BCUT2D eigenvalue weighted by molar-refractivity contribution is 5.86. The quantitative estimate of drug-likeness (QED) is 0.114. The van der Waals surface area contributed by atoms with Gasteiger partial charge in [0.25, 0.3) is 0 Å². The van der Waals surface area contributed by atoms with E-state index in [4.69, 9.17) is 9.47 Å². The van der Waals surface area contributed by atoms with Crippen molar-refractivity contribution in [1.29, 1.82) is 0 Å². The first-order valence-corrected chi connectivity index (χ1v) is 17.4. The topological polar surface area (TPSA) is 244 Å². The molecule has 3 N–H and O–H groups in total. The van der Waals surface area contributed by atoms with Crippen LogP contribution >= 0.6 is 0 Å². The molecule has 1 unspecified atom stereocenters. The molecule has 0 saturated carbocycles. The van der Waals surface area contributed by atoms with Crippen LogP contribution in [0.1, 0.15) is 86.8 Å². The van der Waals surface area contributed by atoms with Crippen LogP contribution in [-0.2, 0) is 69.2 Å². The van der Waals surface area contributed by atoms with Crippen LogP contribution in [0.2, 0.25) is 0 Å². The van der Waals surface area contributed by atoms with Gasteiger partial charge in [0.2, 0.25) is 11.8 Å². The second kappa shape index (κ2) is 21.5. The van der Waals surface area contributed by atoms with Crippen LogP contribution in [0.25, 0.3) is 0 Å². The van der Waals surface area contributed by atoms with Crippen LogP contribution in [0.15, 0.2) is 24.8 Å². The minimum absolute atomic E-state index is 0. The number of carboxylic acid groups (broad SMARTS) is 3. The number of hydrogen-bond acceptors (Lipinski definition) is 12. The van der Waals surface area contributed by atoms with Gasteiger partial charge in [0.1, 0.15) is 62.1 Å². The molecule has 0 fully saturated rings. The zero-order chi connectivity index (χ0) is 40.8. The minimum atomic E-state index is -1.37. The van der Waals surface area contributed by atoms with E-state index in [2.05, 4.69) is 9.97 Å². The Labute approximate surface area is 321 Å². The number of carbonyl (C=O) groups is 7. The highest BCUT2D eigenvalue weighted by atomic mass is 16.6. The van der Waals surface area contributed by atoms with Gasteiger partial charge in [0.15, 0.2) is 0 Å². The highest BCUT2D eigenvalue weighted by Crippen LogP contribution is 2.15. The number of esters is 2. The number of rotatable bonds is 22. The van der Waals surface area contributed by atoms with E-state index in [1.165, 1.54) is 23.2 Å². The second-order valence-electron chi connectivity index (χ2n) is 14.8. The summed E-state index contributed by atoms with van der Waals surface area (Å²) in [6, 6.07) is 0. The first kappa shape index (κ1) is 47.7. The Balaban J connectivity index is 0.0000151. The predicted octanol–water partition coefficient (Wildman–Crippen LogP) is 2.12. The zero-order valence-corrected chi connectivity index (χ0v) is 32.0. The molecule has 0 aliphatic rings. The summed E-state index contributed by atoms with van der Waals surface area (Å²) >= 11 is 0. The third kappa shape index (κ3) is 18.5. The summed E-state index contributed by atoms with van der Waals surface area (Å²) in [5.74, 6) is -6.12. The van der Waals surface area contributed by atoms with E-state index in [-0.39, 0.29) is 33.6 Å². The minimum Gasteiger partial charge on any atom is -0.481 e. The third-order valence-electron chi connectivity index (χ3n) is 7.57. The number of hydrogen-bond donors (Lipinski definition) is 3. The molecule has 0 radical (unpaired) electrons. The number of carboxylic acids is 3. The standard InChI is InChI=1S/C35H53N7O12.CH4/c1-24(33(51)52)10-8-9-13-38(16-25-36-11-14-39(25)18-27(43)41(20-29(45)46)21-30(47)48)17-26-37-12-15-40(26)19-28(44)42(22-31(49)53-34(2,3)4)23-32(50)54-35(5,6)7;/h11-12,14-15,24H,8-10,13,16-23H2,1-7H3,(H,45,46)(H,47,48)(H,51,52);1H4. The van der Waals surface area contributed by atoms with E-state index in [0.717, 1.165) is 4.90 Å². The zero-order valence-electron chi connectivity index (χ0n) is 32.0. The molecule has 55 heavy (non-hydrogen) atoms. The lowest BCUT2D eigenvalue weighted by Crippen LogP contribution is -2.44. The smallest absolute Gasteiger partial charge is 0.326 e. The normalized spacial score (nSPS) is 12.0. The average molecular weight is 780 g/mol. The predicted molar refractivity (Wildman–Crippen MR) is 196 cm³/mol. The number of unbranched alkanes of at least 4 members (excludes halogenated alkanes) is 1. The van der Waals surface area contributed by atoms with Crippen molar-refractivity contribution in [3.05, 3.63) is 36.4 Å². The summed E-state index contributed by atoms with van der Waals surface area (Å²) in [6.45, 7) is 9.12. The molecule has 2 rings (SSSR count). The number of imidazole rings is 2. The molecule has 2 amide bonds. The lowest BCUT2D eigenvalue weighted by atomic mass is 10.0. The van der Waals surface area contributed by atoms with Gasteiger partial charge in [0, 0.05) is 24.8 Å². The van der Waals surface area contributed by atoms with Crippen LogP contribution in [0, 0.1) is 5.92 Å². The molecule has 308 valence electrons. The Bertz CT molecular complexity index is 1580. The SMILES string of the molecule is C.CC(CCCCN(Cc1nccn1CC(=O)N(CC(=O)O)CC(=O)O)Cc1nccn1CC(=O)N(CC(=O)OC(C)(C)C)CC(=O)OC(C)(C)C)C(=O)O. The van der Waals surface area contributed by atoms with Gasteiger partial charge in [0.05, 0.1) is 19.0 Å². The molecule has 0 bridgehead atoms. The van der Waals surface area contributed by atoms with Crippen molar-refractivity contribution in [2.24, 2.45) is 5.92 Å². The second-order valence-corrected chi connectivity index (χ2v) is 14.8. The van der Waals surface area contributed by atoms with Gasteiger partial charge in [-0.1, -0.05) is 20.8 Å². The molecular formula is C36H57N7O12. The van der Waals surface area contributed by atoms with E-state index >= 15 is 0 Å². The molecule has 0 aromatic carbocycles. The third-order valence-corrected chi connectivity index (χ3v) is 7.57. The number of nitrogens with zero attached hydrogens (tertiary/aromatic N) is 7. The molecule has 0 aliphatic heterocycles. The number of carbonyl (C=O) groups excluding carboxylic acids is 4. The molecule has 19 heteroatoms. The number of aromatic nitrogens is 4. The van der Waals surface area contributed by atoms with E-state index in [1.54, 1.807) is 59.2 Å². The van der Waals surface area contributed by atoms with Crippen molar-refractivity contribution in [3.8, 4) is 0 Å². The van der Waals surface area contributed by atoms with Gasteiger partial charge in [-0.15, -0.1) is 0 Å². The van der Waals surface area contributed by atoms with Crippen LogP contribution in [0.5, 0.6) is 0 Å². The van der Waals surface area contributed by atoms with Crippen molar-refractivity contribution in [1.82, 2.24) is 33.8 Å². The Morgan fingerprint density at radius 1 is 0.691 bits per heavy atom. The maximum Gasteiger partial charge on any atom is 0.326 e. The molecule has 2 aromatic rings. The number of aliphatic carboxylic acids is 3. The molecule has 19 nitrogen and oxygen atoms in total. The molecule has 0 spiro atoms. The largest absolute Gasteiger partial charge is 0.481 e. The van der Waals surface area contributed by atoms with Crippen molar-refractivity contribution in [3.63, 3.8) is 0 Å². The van der Waals surface area contributed by atoms with Crippen LogP contribution in [-0.4, -0.2) is 135 Å². The summed E-state index contributed by atoms with van der Waals surface area (Å²) in [7, 11) is 0. The summed E-state index contributed by atoms with van der Waals surface area (Å²) < 4.78 is 13.8. The Morgan fingerprint density at radius 2 is 1.09 bits per heavy atom. The Hall–Kier alpha value is -5.33. The van der Waals surface area contributed by atoms with Crippen molar-refractivity contribution in [2.45, 2.75) is 113 Å². The van der Waals surface area contributed by atoms with E-state index < -0.39 is 85.0 Å². The Morgan fingerprint density at radius 3 is 1.45 bits per heavy atom. The van der Waals surface area contributed by atoms with Gasteiger partial charge >= 0.3 is 29.8 Å². The number of amides is 2. The van der Waals surface area contributed by atoms with Crippen LogP contribution < -0.4 is 0 Å². The summed E-state index contributed by atoms with van der Waals surface area (Å²) in [5.41, 5.74) is -1.66. The van der Waals surface area contributed by atoms with Gasteiger partial charge in [-0.3, -0.25) is 38.5 Å². The van der Waals surface area contributed by atoms with E-state index in [1.807, 2.05) is 4.90 Å². The van der Waals surface area contributed by atoms with Crippen molar-refractivity contribution >= 4 is 41.7 Å². The van der Waals surface area contributed by atoms with Crippen molar-refractivity contribution < 1.29 is 58.4 Å². The van der Waals surface area contributed by atoms with Gasteiger partial charge in [-0.25, -0.2) is 9.97 Å². The fourth-order valence-corrected chi connectivity index (χ4v) is 5.14. The monoisotopic (exact) mass is 779 g/mol. The lowest BCUT2D eigenvalue weighted by Gasteiger charge is -2.27. The molecule has 0 aliphatic carbocycles. The van der Waals surface area contributed by atoms with Crippen LogP contribution in [0.4, 0.5) is 0 Å². The first-order valence-electron chi connectivity index (χ1n) is 17.4. The maximum absolute atomic E-state index is 13.7. The molecule has 2 heterocycles. The maximum atomic E-state index is 13.7. The molecule has 0 saturated heterocycles. The number of ether oxygens (including phenoxy) is 2. The fraction of sp³-hybridized carbons (Fsp3) is 0.639. The van der Waals surface area contributed by atoms with Crippen LogP contribution in [0.3, 0.4) is 0 Å². The molecule has 1 atom stereocenters. The van der Waals surface area contributed by atoms with Gasteiger partial charge in [-0.2, -0.15) is 0 Å². The highest BCUT2D eigenvalue weighted by Gasteiger charge is 2.28. The van der Waals surface area contributed by atoms with Gasteiger partial charge in [-0.05, 0) is 60.9 Å². The van der Waals surface area contributed by atoms with E-state index in [0.29, 0.717) is 42.4 Å². The summed E-state index contributed by atoms with van der Waals surface area (Å²) in [6.07, 6.45) is 7.58. The fourth-order valence-electron chi connectivity index (χ4n) is 5.14. The van der Waals surface area contributed by atoms with Crippen molar-refractivity contribution in [2.75, 3.05) is 32.7 Å². The molecule has 2 aromatic heterocycles. The lowest BCUT2D eigenvalue weighted by molar-refractivity contribution is -0.164. The first-order chi connectivity index (χ1) is 25.0. The van der Waals surface area contributed by atoms with E-state index in [9.17, 15) is 48.9 Å². The Kier molecular flexibility index (Phi) is 18.7. The van der Waals surface area contributed by atoms with Gasteiger partial charge < -0.3 is 43.7 Å². The molecular weight excluding hydrogens is 722 g/mol. The summed E-state index contributed by atoms with van der Waals surface area (Å²) in [5, 5.41) is 27.7. The average Bonchev–Trinajstić information content (AvgIpc) is 3.64.